The second-order valence-electron chi connectivity index (χ2n) is 6.67. The van der Waals surface area contributed by atoms with Crippen LogP contribution in [0.4, 0.5) is 5.69 Å². The summed E-state index contributed by atoms with van der Waals surface area (Å²) in [5.74, 6) is -0.785. The molecule has 0 fully saturated rings. The second kappa shape index (κ2) is 10.5. The van der Waals surface area contributed by atoms with Crippen LogP contribution in [0.2, 0.25) is 0 Å². The van der Waals surface area contributed by atoms with E-state index in [9.17, 15) is 14.4 Å². The Morgan fingerprint density at radius 3 is 2.03 bits per heavy atom. The van der Waals surface area contributed by atoms with Crippen LogP contribution in [-0.2, 0) is 9.59 Å². The molecular weight excluding hydrogens is 444 g/mol. The monoisotopic (exact) mass is 464 g/mol. The lowest BCUT2D eigenvalue weighted by molar-refractivity contribution is -0.124. The Morgan fingerprint density at radius 2 is 1.33 bits per heavy atom. The molecule has 0 spiro atoms. The molecule has 30 heavy (non-hydrogen) atoms. The molecule has 0 aliphatic carbocycles. The van der Waals surface area contributed by atoms with E-state index in [0.29, 0.717) is 11.3 Å². The molecule has 6 heteroatoms. The molecule has 0 aliphatic rings. The topological polar surface area (TPSA) is 75.3 Å². The van der Waals surface area contributed by atoms with E-state index in [0.717, 1.165) is 15.6 Å². The molecule has 0 atom stereocenters. The van der Waals surface area contributed by atoms with Crippen LogP contribution in [-0.4, -0.2) is 24.1 Å². The van der Waals surface area contributed by atoms with Gasteiger partial charge < -0.3 is 10.6 Å². The molecule has 3 rings (SSSR count). The van der Waals surface area contributed by atoms with Gasteiger partial charge in [0.2, 0.25) is 11.8 Å². The van der Waals surface area contributed by atoms with Gasteiger partial charge in [-0.15, -0.1) is 0 Å². The highest BCUT2D eigenvalue weighted by molar-refractivity contribution is 9.10. The van der Waals surface area contributed by atoms with Gasteiger partial charge in [-0.05, 0) is 39.2 Å². The Bertz CT molecular complexity index is 1030. The van der Waals surface area contributed by atoms with Crippen molar-refractivity contribution in [3.8, 4) is 11.1 Å². The van der Waals surface area contributed by atoms with Crippen molar-refractivity contribution in [1.29, 1.82) is 0 Å². The third kappa shape index (κ3) is 6.12. The quantitative estimate of drug-likeness (QED) is 0.468. The number of hydrogen-bond acceptors (Lipinski definition) is 3. The maximum atomic E-state index is 12.3. The number of nitrogens with one attached hydrogen (secondary N) is 2. The summed E-state index contributed by atoms with van der Waals surface area (Å²) in [5.41, 5.74) is 3.30. The minimum Gasteiger partial charge on any atom is -0.347 e. The van der Waals surface area contributed by atoms with Crippen LogP contribution in [0.25, 0.3) is 11.1 Å². The number of carbonyl (C=O) groups is 3. The first-order valence-electron chi connectivity index (χ1n) is 9.52. The fraction of sp³-hybridized carbons (Fsp3) is 0.125. The molecule has 2 N–H and O–H groups in total. The lowest BCUT2D eigenvalue weighted by Gasteiger charge is -2.08. The standard InChI is InChI=1S/C24H21BrN2O3/c25-20-8-4-5-9-21(20)27-24(30)16-26-23(29)15-14-22(28)19-12-10-18(11-13-19)17-6-2-1-3-7-17/h1-13H,14-16H2,(H,26,29)(H,27,30). The summed E-state index contributed by atoms with van der Waals surface area (Å²) in [6, 6.07) is 24.4. The van der Waals surface area contributed by atoms with E-state index in [1.807, 2.05) is 54.6 Å². The van der Waals surface area contributed by atoms with E-state index in [2.05, 4.69) is 26.6 Å². The third-order valence-electron chi connectivity index (χ3n) is 4.49. The summed E-state index contributed by atoms with van der Waals surface area (Å²) < 4.78 is 0.758. The van der Waals surface area contributed by atoms with Gasteiger partial charge in [0.25, 0.3) is 0 Å². The van der Waals surface area contributed by atoms with Crippen molar-refractivity contribution in [3.63, 3.8) is 0 Å². The number of amides is 2. The molecule has 0 saturated heterocycles. The number of para-hydroxylation sites is 1. The highest BCUT2D eigenvalue weighted by Gasteiger charge is 2.11. The average Bonchev–Trinajstić information content (AvgIpc) is 2.78. The Kier molecular flexibility index (Phi) is 7.51. The van der Waals surface area contributed by atoms with Crippen molar-refractivity contribution >= 4 is 39.2 Å². The molecule has 3 aromatic rings. The predicted molar refractivity (Wildman–Crippen MR) is 121 cm³/mol. The van der Waals surface area contributed by atoms with Crippen LogP contribution in [0.3, 0.4) is 0 Å². The lowest BCUT2D eigenvalue weighted by atomic mass is 10.0. The van der Waals surface area contributed by atoms with E-state index in [1.165, 1.54) is 0 Å². The first kappa shape index (κ1) is 21.5. The highest BCUT2D eigenvalue weighted by atomic mass is 79.9. The first-order valence-corrected chi connectivity index (χ1v) is 10.3. The average molecular weight is 465 g/mol. The van der Waals surface area contributed by atoms with Crippen LogP contribution < -0.4 is 10.6 Å². The normalized spacial score (nSPS) is 10.3. The van der Waals surface area contributed by atoms with Crippen LogP contribution in [0.15, 0.2) is 83.3 Å². The van der Waals surface area contributed by atoms with E-state index >= 15 is 0 Å². The molecule has 152 valence electrons. The Labute approximate surface area is 183 Å². The van der Waals surface area contributed by atoms with E-state index in [1.54, 1.807) is 24.3 Å². The lowest BCUT2D eigenvalue weighted by Crippen LogP contribution is -2.33. The summed E-state index contributed by atoms with van der Waals surface area (Å²) >= 11 is 3.35. The van der Waals surface area contributed by atoms with Gasteiger partial charge in [0.05, 0.1) is 12.2 Å². The van der Waals surface area contributed by atoms with Crippen LogP contribution >= 0.6 is 15.9 Å². The van der Waals surface area contributed by atoms with Gasteiger partial charge in [0.1, 0.15) is 0 Å². The zero-order valence-electron chi connectivity index (χ0n) is 16.2. The summed E-state index contributed by atoms with van der Waals surface area (Å²) in [6.45, 7) is -0.153. The minimum atomic E-state index is -0.341. The van der Waals surface area contributed by atoms with Gasteiger partial charge in [-0.1, -0.05) is 66.7 Å². The van der Waals surface area contributed by atoms with Crippen molar-refractivity contribution in [1.82, 2.24) is 5.32 Å². The summed E-state index contributed by atoms with van der Waals surface area (Å²) in [6.07, 6.45) is 0.115. The summed E-state index contributed by atoms with van der Waals surface area (Å²) in [4.78, 5) is 36.3. The fourth-order valence-corrected chi connectivity index (χ4v) is 3.26. The van der Waals surface area contributed by atoms with Crippen molar-refractivity contribution in [2.75, 3.05) is 11.9 Å². The molecule has 0 unspecified atom stereocenters. The number of carbonyl (C=O) groups excluding carboxylic acids is 3. The van der Waals surface area contributed by atoms with Crippen molar-refractivity contribution in [2.24, 2.45) is 0 Å². The Hall–Kier alpha value is -3.25. The smallest absolute Gasteiger partial charge is 0.243 e. The van der Waals surface area contributed by atoms with Crippen LogP contribution in [0, 0.1) is 0 Å². The molecule has 2 amide bonds. The zero-order valence-corrected chi connectivity index (χ0v) is 17.8. The molecule has 0 saturated carbocycles. The van der Waals surface area contributed by atoms with Crippen LogP contribution in [0.5, 0.6) is 0 Å². The van der Waals surface area contributed by atoms with Gasteiger partial charge in [-0.25, -0.2) is 0 Å². The van der Waals surface area contributed by atoms with Crippen molar-refractivity contribution < 1.29 is 14.4 Å². The Morgan fingerprint density at radius 1 is 0.700 bits per heavy atom. The van der Waals surface area contributed by atoms with Gasteiger partial charge in [0, 0.05) is 22.9 Å². The number of benzene rings is 3. The predicted octanol–water partition coefficient (Wildman–Crippen LogP) is 4.83. The highest BCUT2D eigenvalue weighted by Crippen LogP contribution is 2.21. The number of halogens is 1. The minimum absolute atomic E-state index is 0.0293. The van der Waals surface area contributed by atoms with Crippen LogP contribution in [0.1, 0.15) is 23.2 Å². The fourth-order valence-electron chi connectivity index (χ4n) is 2.87. The summed E-state index contributed by atoms with van der Waals surface area (Å²) in [7, 11) is 0. The molecule has 0 aliphatic heterocycles. The first-order chi connectivity index (χ1) is 14.5. The Balaban J connectivity index is 1.43. The van der Waals surface area contributed by atoms with E-state index in [-0.39, 0.29) is 37.0 Å². The third-order valence-corrected chi connectivity index (χ3v) is 5.18. The van der Waals surface area contributed by atoms with Crippen molar-refractivity contribution in [2.45, 2.75) is 12.8 Å². The zero-order chi connectivity index (χ0) is 21.3. The van der Waals surface area contributed by atoms with Gasteiger partial charge in [-0.3, -0.25) is 14.4 Å². The van der Waals surface area contributed by atoms with Gasteiger partial charge >= 0.3 is 0 Å². The molecule has 0 aromatic heterocycles. The number of rotatable bonds is 8. The number of hydrogen-bond donors (Lipinski definition) is 2. The molecule has 0 radical (unpaired) electrons. The summed E-state index contributed by atoms with van der Waals surface area (Å²) in [5, 5.41) is 5.25. The molecule has 3 aromatic carbocycles. The largest absolute Gasteiger partial charge is 0.347 e. The van der Waals surface area contributed by atoms with Gasteiger partial charge in [0.15, 0.2) is 5.78 Å². The number of Topliss-reactive ketones (excluding diaryl/α,β-unsaturated/α-hetero) is 1. The second-order valence-corrected chi connectivity index (χ2v) is 7.53. The van der Waals surface area contributed by atoms with Crippen molar-refractivity contribution in [3.05, 3.63) is 88.9 Å². The molecule has 0 bridgehead atoms. The maximum Gasteiger partial charge on any atom is 0.243 e. The van der Waals surface area contributed by atoms with E-state index in [4.69, 9.17) is 0 Å². The molecule has 5 nitrogen and oxygen atoms in total. The SMILES string of the molecule is O=C(CCC(=O)c1ccc(-c2ccccc2)cc1)NCC(=O)Nc1ccccc1Br. The van der Waals surface area contributed by atoms with E-state index < -0.39 is 0 Å². The number of ketones is 1. The maximum absolute atomic E-state index is 12.3. The number of anilines is 1. The molecular formula is C24H21BrN2O3. The van der Waals surface area contributed by atoms with Gasteiger partial charge in [-0.2, -0.15) is 0 Å². The molecule has 0 heterocycles.